The number of amides is 1. The van der Waals surface area contributed by atoms with Crippen LogP contribution in [0, 0.1) is 0 Å². The van der Waals surface area contributed by atoms with Gasteiger partial charge in [0.05, 0.1) is 26.4 Å². The zero-order valence-corrected chi connectivity index (χ0v) is 25.2. The van der Waals surface area contributed by atoms with Crippen LogP contribution in [-0.2, 0) is 39.8 Å². The molecule has 1 aromatic carbocycles. The van der Waals surface area contributed by atoms with Crippen molar-refractivity contribution >= 4 is 11.9 Å². The molecule has 0 saturated carbocycles. The first-order valence-corrected chi connectivity index (χ1v) is 14.9. The number of benzene rings is 1. The maximum atomic E-state index is 12.0. The van der Waals surface area contributed by atoms with Crippen molar-refractivity contribution in [1.29, 1.82) is 0 Å². The molecular formula is C28H41NO19. The van der Waals surface area contributed by atoms with Gasteiger partial charge in [0.2, 0.25) is 0 Å². The minimum Gasteiger partial charge on any atom is -0.480 e. The Morgan fingerprint density at radius 3 is 1.73 bits per heavy atom. The molecule has 15 atom stereocenters. The van der Waals surface area contributed by atoms with Crippen LogP contribution in [0.2, 0.25) is 0 Å². The lowest BCUT2D eigenvalue weighted by Crippen LogP contribution is -2.66. The van der Waals surface area contributed by atoms with E-state index < -0.39 is 130 Å². The Morgan fingerprint density at radius 1 is 0.625 bits per heavy atom. The van der Waals surface area contributed by atoms with Crippen LogP contribution in [0.25, 0.3) is 0 Å². The zero-order valence-electron chi connectivity index (χ0n) is 25.2. The maximum absolute atomic E-state index is 12.0. The molecule has 272 valence electrons. The van der Waals surface area contributed by atoms with Gasteiger partial charge in [-0.1, -0.05) is 12.1 Å². The second-order valence-corrected chi connectivity index (χ2v) is 11.4. The summed E-state index contributed by atoms with van der Waals surface area (Å²) in [5.74, 6) is -1.84. The highest BCUT2D eigenvalue weighted by Crippen LogP contribution is 2.32. The second-order valence-electron chi connectivity index (χ2n) is 11.4. The van der Waals surface area contributed by atoms with Crippen LogP contribution in [0.3, 0.4) is 0 Å². The van der Waals surface area contributed by atoms with E-state index in [4.69, 9.17) is 33.5 Å². The Hall–Kier alpha value is -2.48. The van der Waals surface area contributed by atoms with Gasteiger partial charge in [0.25, 0.3) is 5.91 Å². The molecule has 20 heteroatoms. The molecule has 20 nitrogen and oxygen atoms in total. The Morgan fingerprint density at radius 2 is 1.15 bits per heavy atom. The largest absolute Gasteiger partial charge is 0.480 e. The minimum absolute atomic E-state index is 0.168. The molecule has 4 rings (SSSR count). The van der Waals surface area contributed by atoms with E-state index >= 15 is 0 Å². The van der Waals surface area contributed by atoms with Crippen LogP contribution < -0.4 is 5.32 Å². The fourth-order valence-corrected chi connectivity index (χ4v) is 5.36. The summed E-state index contributed by atoms with van der Waals surface area (Å²) in [4.78, 5) is 22.7. The monoisotopic (exact) mass is 695 g/mol. The van der Waals surface area contributed by atoms with E-state index in [1.165, 1.54) is 24.3 Å². The molecule has 0 unspecified atom stereocenters. The summed E-state index contributed by atoms with van der Waals surface area (Å²) in [5.41, 5.74) is 0.649. The van der Waals surface area contributed by atoms with E-state index in [1.807, 2.05) is 0 Å². The van der Waals surface area contributed by atoms with Gasteiger partial charge < -0.3 is 89.9 Å². The summed E-state index contributed by atoms with van der Waals surface area (Å²) in [6, 6.07) is 5.78. The van der Waals surface area contributed by atoms with Crippen molar-refractivity contribution in [1.82, 2.24) is 5.32 Å². The number of ether oxygens (including phenoxy) is 6. The van der Waals surface area contributed by atoms with Gasteiger partial charge in [-0.05, 0) is 17.7 Å². The average Bonchev–Trinajstić information content (AvgIpc) is 3.08. The molecule has 3 aliphatic rings. The number of aliphatic hydroxyl groups excluding tert-OH is 10. The highest BCUT2D eigenvalue weighted by Gasteiger charge is 2.53. The van der Waals surface area contributed by atoms with Crippen molar-refractivity contribution in [3.63, 3.8) is 0 Å². The van der Waals surface area contributed by atoms with Crippen LogP contribution in [0.5, 0.6) is 0 Å². The zero-order chi connectivity index (χ0) is 35.3. The summed E-state index contributed by atoms with van der Waals surface area (Å²) in [6.07, 6.45) is -25.5. The number of carbonyl (C=O) groups excluding carboxylic acids is 1. The molecule has 12 N–H and O–H groups in total. The van der Waals surface area contributed by atoms with Crippen LogP contribution >= 0.6 is 0 Å². The van der Waals surface area contributed by atoms with Gasteiger partial charge in [0.1, 0.15) is 79.8 Å². The van der Waals surface area contributed by atoms with Gasteiger partial charge in [-0.2, -0.15) is 0 Å². The Balaban J connectivity index is 1.40. The topological polar surface area (TPSA) is 324 Å². The molecule has 3 fully saturated rings. The highest BCUT2D eigenvalue weighted by molar-refractivity contribution is 5.95. The molecule has 48 heavy (non-hydrogen) atoms. The van der Waals surface area contributed by atoms with Gasteiger partial charge >= 0.3 is 5.97 Å². The van der Waals surface area contributed by atoms with E-state index in [0.29, 0.717) is 5.56 Å². The Kier molecular flexibility index (Phi) is 13.5. The average molecular weight is 696 g/mol. The first kappa shape index (κ1) is 38.3. The number of nitrogens with one attached hydrogen (secondary N) is 1. The number of aliphatic hydroxyl groups is 10. The lowest BCUT2D eigenvalue weighted by atomic mass is 9.96. The van der Waals surface area contributed by atoms with Gasteiger partial charge in [-0.3, -0.25) is 9.59 Å². The van der Waals surface area contributed by atoms with Crippen molar-refractivity contribution in [2.24, 2.45) is 0 Å². The number of hydrogen-bond acceptors (Lipinski definition) is 18. The number of carboxylic acids is 1. The molecule has 0 spiro atoms. The van der Waals surface area contributed by atoms with Gasteiger partial charge in [-0.25, -0.2) is 0 Å². The third-order valence-electron chi connectivity index (χ3n) is 8.10. The van der Waals surface area contributed by atoms with E-state index in [1.54, 1.807) is 0 Å². The van der Waals surface area contributed by atoms with Crippen LogP contribution in [-0.4, -0.2) is 187 Å². The first-order chi connectivity index (χ1) is 22.8. The quantitative estimate of drug-likeness (QED) is 0.0912. The van der Waals surface area contributed by atoms with E-state index in [9.17, 15) is 60.7 Å². The van der Waals surface area contributed by atoms with E-state index in [0.717, 1.165) is 0 Å². The molecular weight excluding hydrogens is 654 g/mol. The third-order valence-corrected chi connectivity index (χ3v) is 8.10. The molecule has 0 aromatic heterocycles. The van der Waals surface area contributed by atoms with Crippen LogP contribution in [0.1, 0.15) is 15.9 Å². The van der Waals surface area contributed by atoms with Gasteiger partial charge in [-0.15, -0.1) is 0 Å². The number of carbonyl (C=O) groups is 2. The lowest BCUT2D eigenvalue weighted by Gasteiger charge is -2.48. The van der Waals surface area contributed by atoms with Crippen molar-refractivity contribution in [2.75, 3.05) is 26.4 Å². The fourth-order valence-electron chi connectivity index (χ4n) is 5.36. The molecule has 3 aliphatic heterocycles. The Labute approximate surface area is 272 Å². The summed E-state index contributed by atoms with van der Waals surface area (Å²) in [7, 11) is 0. The fraction of sp³-hybridized carbons (Fsp3) is 0.714. The summed E-state index contributed by atoms with van der Waals surface area (Å²) < 4.78 is 33.1. The Bertz CT molecular complexity index is 1190. The molecule has 0 bridgehead atoms. The predicted octanol–water partition coefficient (Wildman–Crippen LogP) is -6.53. The molecule has 0 aliphatic carbocycles. The molecule has 0 radical (unpaired) electrons. The van der Waals surface area contributed by atoms with Crippen molar-refractivity contribution < 1.29 is 94.2 Å². The summed E-state index contributed by atoms with van der Waals surface area (Å²) >= 11 is 0. The second kappa shape index (κ2) is 17.0. The van der Waals surface area contributed by atoms with Crippen molar-refractivity contribution in [3.8, 4) is 0 Å². The minimum atomic E-state index is -1.98. The van der Waals surface area contributed by atoms with Crippen LogP contribution in [0.15, 0.2) is 24.3 Å². The van der Waals surface area contributed by atoms with E-state index in [-0.39, 0.29) is 12.2 Å². The summed E-state index contributed by atoms with van der Waals surface area (Å²) in [5, 5.41) is 114. The summed E-state index contributed by atoms with van der Waals surface area (Å²) in [6.45, 7) is -3.19. The van der Waals surface area contributed by atoms with Gasteiger partial charge in [0, 0.05) is 5.56 Å². The van der Waals surface area contributed by atoms with Gasteiger partial charge in [0.15, 0.2) is 18.9 Å². The highest BCUT2D eigenvalue weighted by atomic mass is 16.8. The SMILES string of the molecule is O=C(O)CNC(=O)c1ccc(CO[C@@H]2O[C@H](CO)[C@H](O)[C@H](O[C@@H]3O[C@H](CO)[C@H](O[C@@H]4O[C@H](CO)[C@H](O)[C@H](O)[C@H]4O)[C@H](O)[C@H]3O)[C@H]2O)cc1. The standard InChI is InChI=1S/C28H41NO19/c30-6-12-16(35)18(37)20(39)27(45-12)47-23-14(8-32)46-28(21(40)19(23)38)48-24-17(36)13(7-31)44-26(22(24)41)43-9-10-1-3-11(4-2-10)25(42)29-5-15(33)34/h1-4,12-14,16-24,26-28,30-32,35-41H,5-9H2,(H,29,42)(H,33,34)/t12-,13-,14-,16+,17+,18+,19-,20-,21-,22-,23+,24+,26-,27+,28+/m1/s1. The van der Waals surface area contributed by atoms with E-state index in [2.05, 4.69) is 5.32 Å². The predicted molar refractivity (Wildman–Crippen MR) is 150 cm³/mol. The maximum Gasteiger partial charge on any atom is 0.322 e. The first-order valence-electron chi connectivity index (χ1n) is 14.9. The smallest absolute Gasteiger partial charge is 0.322 e. The molecule has 1 aromatic rings. The van der Waals surface area contributed by atoms with Crippen LogP contribution in [0.4, 0.5) is 0 Å². The number of hydrogen-bond donors (Lipinski definition) is 12. The normalized spacial score (nSPS) is 40.3. The lowest BCUT2D eigenvalue weighted by molar-refractivity contribution is -0.380. The number of rotatable bonds is 13. The molecule has 3 saturated heterocycles. The third kappa shape index (κ3) is 8.62. The number of aliphatic carboxylic acids is 1. The van der Waals surface area contributed by atoms with Crippen molar-refractivity contribution in [2.45, 2.75) is 98.7 Å². The molecule has 3 heterocycles. The molecule has 1 amide bonds. The number of carboxylic acid groups (broad SMARTS) is 1. The van der Waals surface area contributed by atoms with Crippen molar-refractivity contribution in [3.05, 3.63) is 35.4 Å².